The van der Waals surface area contributed by atoms with E-state index in [2.05, 4.69) is 10.2 Å². The fourth-order valence-corrected chi connectivity index (χ4v) is 3.11. The highest BCUT2D eigenvalue weighted by Crippen LogP contribution is 2.18. The molecule has 1 amide bonds. The van der Waals surface area contributed by atoms with Crippen LogP contribution in [0.4, 0.5) is 0 Å². The van der Waals surface area contributed by atoms with E-state index in [1.165, 1.54) is 19.9 Å². The molecule has 0 aliphatic heterocycles. The Hall–Kier alpha value is -2.95. The van der Waals surface area contributed by atoms with Gasteiger partial charge >= 0.3 is 5.97 Å². The van der Waals surface area contributed by atoms with Gasteiger partial charge in [-0.1, -0.05) is 30.0 Å². The van der Waals surface area contributed by atoms with Gasteiger partial charge in [-0.15, -0.1) is 10.1 Å². The van der Waals surface area contributed by atoms with E-state index < -0.39 is 28.1 Å². The van der Waals surface area contributed by atoms with Crippen LogP contribution in [0.25, 0.3) is 0 Å². The summed E-state index contributed by atoms with van der Waals surface area (Å²) in [6, 6.07) is 5.28. The lowest BCUT2D eigenvalue weighted by atomic mass is 10.1. The lowest BCUT2D eigenvalue weighted by Crippen LogP contribution is -2.43. The number of unbranched alkanes of at least 4 members (excludes halogenated alkanes) is 1. The van der Waals surface area contributed by atoms with Crippen molar-refractivity contribution in [3.8, 4) is 0 Å². The third-order valence-electron chi connectivity index (χ3n) is 3.55. The summed E-state index contributed by atoms with van der Waals surface area (Å²) < 4.78 is 5.05. The molecule has 158 valence electrons. The van der Waals surface area contributed by atoms with Gasteiger partial charge in [0.25, 0.3) is 5.09 Å². The van der Waals surface area contributed by atoms with E-state index in [9.17, 15) is 29.3 Å². The summed E-state index contributed by atoms with van der Waals surface area (Å²) in [5.74, 6) is -1.53. The van der Waals surface area contributed by atoms with E-state index in [1.54, 1.807) is 18.2 Å². The molecular formula is C18H22N2O8S. The molecule has 0 aliphatic rings. The SMILES string of the molecule is CC(=O)N[C@@H](CSC(=O)c1ccccc1C(C)=O)C(=O)OCCCCO[N+](=O)[O-]. The van der Waals surface area contributed by atoms with E-state index in [-0.39, 0.29) is 35.9 Å². The smallest absolute Gasteiger partial charge is 0.329 e. The van der Waals surface area contributed by atoms with E-state index in [0.29, 0.717) is 12.8 Å². The summed E-state index contributed by atoms with van der Waals surface area (Å²) in [5.41, 5.74) is 0.506. The Kier molecular flexibility index (Phi) is 10.4. The predicted molar refractivity (Wildman–Crippen MR) is 104 cm³/mol. The summed E-state index contributed by atoms with van der Waals surface area (Å²) in [6.07, 6.45) is 0.651. The highest BCUT2D eigenvalue weighted by atomic mass is 32.2. The van der Waals surface area contributed by atoms with Crippen LogP contribution < -0.4 is 5.32 Å². The molecule has 11 heteroatoms. The second-order valence-corrected chi connectivity index (χ2v) is 6.88. The maximum atomic E-state index is 12.4. The van der Waals surface area contributed by atoms with Crippen LogP contribution in [-0.2, 0) is 19.2 Å². The summed E-state index contributed by atoms with van der Waals surface area (Å²) in [4.78, 5) is 61.8. The molecule has 0 radical (unpaired) electrons. The van der Waals surface area contributed by atoms with Crippen LogP contribution in [0, 0.1) is 10.1 Å². The number of carbonyl (C=O) groups excluding carboxylic acids is 4. The Bertz CT molecular complexity index is 768. The average molecular weight is 426 g/mol. The Labute approximate surface area is 171 Å². The van der Waals surface area contributed by atoms with Crippen molar-refractivity contribution in [2.75, 3.05) is 19.0 Å². The number of hydrogen-bond donors (Lipinski definition) is 1. The van der Waals surface area contributed by atoms with Crippen molar-refractivity contribution in [3.63, 3.8) is 0 Å². The highest BCUT2D eigenvalue weighted by Gasteiger charge is 2.24. The third-order valence-corrected chi connectivity index (χ3v) is 4.53. The first-order valence-electron chi connectivity index (χ1n) is 8.70. The van der Waals surface area contributed by atoms with Crippen molar-refractivity contribution in [3.05, 3.63) is 45.5 Å². The Morgan fingerprint density at radius 1 is 1.10 bits per heavy atom. The third kappa shape index (κ3) is 9.19. The summed E-state index contributed by atoms with van der Waals surface area (Å²) >= 11 is 0.788. The Balaban J connectivity index is 2.59. The van der Waals surface area contributed by atoms with Gasteiger partial charge in [0, 0.05) is 23.8 Å². The fourth-order valence-electron chi connectivity index (χ4n) is 2.24. The topological polar surface area (TPSA) is 142 Å². The number of thioether (sulfide) groups is 1. The van der Waals surface area contributed by atoms with E-state index >= 15 is 0 Å². The summed E-state index contributed by atoms with van der Waals surface area (Å²) in [5, 5.41) is 11.1. The second-order valence-electron chi connectivity index (χ2n) is 5.88. The van der Waals surface area contributed by atoms with Gasteiger partial charge in [-0.2, -0.15) is 0 Å². The van der Waals surface area contributed by atoms with Gasteiger partial charge in [0.2, 0.25) is 11.0 Å². The van der Waals surface area contributed by atoms with Gasteiger partial charge in [-0.25, -0.2) is 4.79 Å². The maximum Gasteiger partial charge on any atom is 0.329 e. The van der Waals surface area contributed by atoms with Crippen molar-refractivity contribution in [1.29, 1.82) is 0 Å². The molecule has 1 aromatic rings. The van der Waals surface area contributed by atoms with Crippen molar-refractivity contribution in [2.45, 2.75) is 32.7 Å². The van der Waals surface area contributed by atoms with Crippen molar-refractivity contribution in [2.24, 2.45) is 0 Å². The number of rotatable bonds is 12. The molecule has 0 heterocycles. The minimum Gasteiger partial charge on any atom is -0.464 e. The number of nitrogens with one attached hydrogen (secondary N) is 1. The van der Waals surface area contributed by atoms with Gasteiger partial charge in [0.05, 0.1) is 13.2 Å². The van der Waals surface area contributed by atoms with Crippen molar-refractivity contribution in [1.82, 2.24) is 5.32 Å². The highest BCUT2D eigenvalue weighted by molar-refractivity contribution is 8.14. The molecule has 0 aromatic heterocycles. The summed E-state index contributed by atoms with van der Waals surface area (Å²) in [7, 11) is 0. The molecule has 0 unspecified atom stereocenters. The zero-order valence-electron chi connectivity index (χ0n) is 16.0. The van der Waals surface area contributed by atoms with Crippen molar-refractivity contribution >= 4 is 34.5 Å². The molecule has 1 atom stereocenters. The van der Waals surface area contributed by atoms with Crippen LogP contribution in [0.15, 0.2) is 24.3 Å². The number of ketones is 1. The molecule has 0 spiro atoms. The molecule has 1 N–H and O–H groups in total. The van der Waals surface area contributed by atoms with E-state index in [1.807, 2.05) is 0 Å². The van der Waals surface area contributed by atoms with E-state index in [0.717, 1.165) is 11.8 Å². The number of amides is 1. The van der Waals surface area contributed by atoms with Gasteiger partial charge in [-0.05, 0) is 25.8 Å². The number of hydrogen-bond acceptors (Lipinski definition) is 9. The summed E-state index contributed by atoms with van der Waals surface area (Å²) in [6.45, 7) is 2.46. The zero-order chi connectivity index (χ0) is 21.8. The number of esters is 1. The number of carbonyl (C=O) groups is 4. The molecule has 0 fully saturated rings. The van der Waals surface area contributed by atoms with Gasteiger partial charge in [-0.3, -0.25) is 14.4 Å². The molecular weight excluding hydrogens is 404 g/mol. The lowest BCUT2D eigenvalue weighted by Gasteiger charge is -2.16. The lowest BCUT2D eigenvalue weighted by molar-refractivity contribution is -0.757. The molecule has 29 heavy (non-hydrogen) atoms. The van der Waals surface area contributed by atoms with Gasteiger partial charge in [0.15, 0.2) is 5.78 Å². The fraction of sp³-hybridized carbons (Fsp3) is 0.444. The predicted octanol–water partition coefficient (Wildman–Crippen LogP) is 1.80. The molecule has 0 aliphatic carbocycles. The Morgan fingerprint density at radius 3 is 2.31 bits per heavy atom. The first-order chi connectivity index (χ1) is 13.7. The minimum atomic E-state index is -1.05. The maximum absolute atomic E-state index is 12.4. The first kappa shape index (κ1) is 24.1. The van der Waals surface area contributed by atoms with E-state index in [4.69, 9.17) is 4.74 Å². The van der Waals surface area contributed by atoms with Crippen LogP contribution in [0.3, 0.4) is 0 Å². The molecule has 0 bridgehead atoms. The molecule has 10 nitrogen and oxygen atoms in total. The quantitative estimate of drug-likeness (QED) is 0.174. The zero-order valence-corrected chi connectivity index (χ0v) is 16.9. The van der Waals surface area contributed by atoms with Gasteiger partial charge < -0.3 is 14.9 Å². The number of Topliss-reactive ketones (excluding diaryl/α,β-unsaturated/α-hetero) is 1. The Morgan fingerprint density at radius 2 is 1.72 bits per heavy atom. The van der Waals surface area contributed by atoms with Crippen LogP contribution in [0.1, 0.15) is 47.4 Å². The minimum absolute atomic E-state index is 0.0121. The molecule has 0 saturated heterocycles. The number of nitrogens with zero attached hydrogens (tertiary/aromatic N) is 1. The second kappa shape index (κ2) is 12.5. The monoisotopic (exact) mass is 426 g/mol. The average Bonchev–Trinajstić information content (AvgIpc) is 2.66. The normalized spacial score (nSPS) is 11.2. The van der Waals surface area contributed by atoms with Crippen LogP contribution in [-0.4, -0.2) is 52.9 Å². The number of ether oxygens (including phenoxy) is 1. The molecule has 1 rings (SSSR count). The first-order valence-corrected chi connectivity index (χ1v) is 9.69. The van der Waals surface area contributed by atoms with Crippen LogP contribution in [0.2, 0.25) is 0 Å². The van der Waals surface area contributed by atoms with Crippen LogP contribution >= 0.6 is 11.8 Å². The number of benzene rings is 1. The standard InChI is InChI=1S/C18H22N2O8S/c1-12(21)14-7-3-4-8-15(14)18(24)29-11-16(19-13(2)22)17(23)27-9-5-6-10-28-20(25)26/h3-4,7-8,16H,5-6,9-11H2,1-2H3,(H,19,22)/t16-/m0/s1. The van der Waals surface area contributed by atoms with Gasteiger partial charge in [0.1, 0.15) is 6.04 Å². The van der Waals surface area contributed by atoms with Crippen LogP contribution in [0.5, 0.6) is 0 Å². The van der Waals surface area contributed by atoms with Crippen molar-refractivity contribution < 1.29 is 33.8 Å². The molecule has 1 aromatic carbocycles. The largest absolute Gasteiger partial charge is 0.464 e. The molecule has 0 saturated carbocycles.